The van der Waals surface area contributed by atoms with Crippen molar-refractivity contribution in [3.63, 3.8) is 0 Å². The zero-order valence-corrected chi connectivity index (χ0v) is 28.1. The van der Waals surface area contributed by atoms with E-state index in [1.807, 2.05) is 36.2 Å². The number of rotatable bonds is 10. The number of fused-ring (bicyclic) bond motifs is 1. The number of nitrogens with one attached hydrogen (secondary N) is 3. The molecular weight excluding hydrogens is 656 g/mol. The van der Waals surface area contributed by atoms with Gasteiger partial charge in [0.2, 0.25) is 11.8 Å². The molecule has 7 amide bonds. The number of nitrogens with two attached hydrogens (primary N) is 1. The summed E-state index contributed by atoms with van der Waals surface area (Å²) >= 11 is 0. The normalized spacial score (nSPS) is 20.5. The third-order valence-corrected chi connectivity index (χ3v) is 9.82. The van der Waals surface area contributed by atoms with Crippen molar-refractivity contribution in [2.24, 2.45) is 5.73 Å². The second-order valence-electron chi connectivity index (χ2n) is 13.1. The van der Waals surface area contributed by atoms with Gasteiger partial charge in [0.1, 0.15) is 11.9 Å². The third-order valence-electron chi connectivity index (χ3n) is 9.82. The first-order valence-electron chi connectivity index (χ1n) is 17.0. The molecule has 3 fully saturated rings. The zero-order chi connectivity index (χ0) is 35.8. The number of urea groups is 1. The van der Waals surface area contributed by atoms with Gasteiger partial charge in [-0.05, 0) is 55.5 Å². The number of piperidine rings is 2. The number of hydrogen-bond acceptors (Lipinski definition) is 11. The number of primary amides is 1. The Morgan fingerprint density at radius 1 is 1.00 bits per heavy atom. The van der Waals surface area contributed by atoms with E-state index in [2.05, 4.69) is 25.8 Å². The highest BCUT2D eigenvalue weighted by atomic mass is 16.2. The van der Waals surface area contributed by atoms with E-state index in [1.54, 1.807) is 29.3 Å². The fourth-order valence-corrected chi connectivity index (χ4v) is 7.12. The highest BCUT2D eigenvalue weighted by Gasteiger charge is 2.45. The topological polar surface area (TPSA) is 203 Å². The second-order valence-corrected chi connectivity index (χ2v) is 13.1. The lowest BCUT2D eigenvalue weighted by Gasteiger charge is -2.37. The minimum absolute atomic E-state index is 0.0107. The molecule has 264 valence electrons. The number of anilines is 4. The van der Waals surface area contributed by atoms with E-state index in [9.17, 15) is 28.8 Å². The van der Waals surface area contributed by atoms with Crippen LogP contribution < -0.4 is 26.6 Å². The summed E-state index contributed by atoms with van der Waals surface area (Å²) < 4.78 is 0. The lowest BCUT2D eigenvalue weighted by atomic mass is 10.0. The molecule has 0 aliphatic carbocycles. The quantitative estimate of drug-likeness (QED) is 0.225. The van der Waals surface area contributed by atoms with Crippen LogP contribution in [0.3, 0.4) is 0 Å². The smallest absolute Gasteiger partial charge is 0.320 e. The molecule has 0 radical (unpaired) electrons. The number of carbonyl (C=O) groups excluding carboxylic acids is 6. The van der Waals surface area contributed by atoms with Crippen LogP contribution in [0.1, 0.15) is 62.5 Å². The predicted octanol–water partition coefficient (Wildman–Crippen LogP) is 1.71. The molecule has 16 heteroatoms. The Kier molecular flexibility index (Phi) is 8.97. The number of hydrogen-bond donors (Lipinski definition) is 4. The van der Waals surface area contributed by atoms with Crippen molar-refractivity contribution in [3.05, 3.63) is 71.0 Å². The van der Waals surface area contributed by atoms with Crippen LogP contribution in [0.25, 0.3) is 0 Å². The maximum Gasteiger partial charge on any atom is 0.320 e. The fourth-order valence-electron chi connectivity index (χ4n) is 7.12. The summed E-state index contributed by atoms with van der Waals surface area (Å²) in [6, 6.07) is 11.5. The molecule has 3 saturated heterocycles. The third kappa shape index (κ3) is 6.51. The van der Waals surface area contributed by atoms with Gasteiger partial charge in [-0.25, -0.2) is 14.8 Å². The van der Waals surface area contributed by atoms with Gasteiger partial charge >= 0.3 is 6.03 Å². The van der Waals surface area contributed by atoms with Crippen molar-refractivity contribution in [1.29, 1.82) is 0 Å². The second kappa shape index (κ2) is 13.7. The first kappa shape index (κ1) is 33.4. The minimum Gasteiger partial charge on any atom is -0.384 e. The summed E-state index contributed by atoms with van der Waals surface area (Å²) in [4.78, 5) is 91.2. The lowest BCUT2D eigenvalue weighted by molar-refractivity contribution is -0.136. The number of aromatic nitrogens is 2. The summed E-state index contributed by atoms with van der Waals surface area (Å²) in [5, 5.41) is 8.65. The van der Waals surface area contributed by atoms with Gasteiger partial charge in [-0.1, -0.05) is 18.2 Å². The van der Waals surface area contributed by atoms with Crippen LogP contribution in [0.2, 0.25) is 0 Å². The molecule has 51 heavy (non-hydrogen) atoms. The van der Waals surface area contributed by atoms with Crippen molar-refractivity contribution in [2.45, 2.75) is 44.2 Å². The van der Waals surface area contributed by atoms with E-state index in [1.165, 1.54) is 0 Å². The number of imide groups is 2. The molecule has 7 rings (SSSR count). The number of benzene rings is 2. The van der Waals surface area contributed by atoms with Crippen molar-refractivity contribution in [3.8, 4) is 0 Å². The largest absolute Gasteiger partial charge is 0.384 e. The van der Waals surface area contributed by atoms with E-state index >= 15 is 0 Å². The predicted molar refractivity (Wildman–Crippen MR) is 186 cm³/mol. The molecule has 0 spiro atoms. The van der Waals surface area contributed by atoms with Crippen LogP contribution in [0, 0.1) is 0 Å². The molecule has 4 aliphatic rings. The molecular formula is C35H38N10O6. The van der Waals surface area contributed by atoms with E-state index in [0.717, 1.165) is 29.8 Å². The summed E-state index contributed by atoms with van der Waals surface area (Å²) in [5.74, 6) is -2.10. The highest BCUT2D eigenvalue weighted by molar-refractivity contribution is 6.25. The Morgan fingerprint density at radius 3 is 2.53 bits per heavy atom. The Labute approximate surface area is 293 Å². The Balaban J connectivity index is 0.991. The average Bonchev–Trinajstić information content (AvgIpc) is 3.59. The molecule has 16 nitrogen and oxygen atoms in total. The number of carbonyl (C=O) groups is 6. The van der Waals surface area contributed by atoms with E-state index < -0.39 is 35.6 Å². The number of nitrogens with zero attached hydrogens (tertiary/aromatic N) is 6. The Hall–Kier alpha value is -6.06. The zero-order valence-electron chi connectivity index (χ0n) is 28.1. The van der Waals surface area contributed by atoms with Crippen LogP contribution in [0.4, 0.5) is 27.8 Å². The van der Waals surface area contributed by atoms with Crippen LogP contribution in [0.5, 0.6) is 0 Å². The van der Waals surface area contributed by atoms with E-state index in [4.69, 9.17) is 10.7 Å². The maximum absolute atomic E-state index is 13.4. The van der Waals surface area contributed by atoms with E-state index in [0.29, 0.717) is 49.8 Å². The molecule has 1 unspecified atom stereocenters. The van der Waals surface area contributed by atoms with Crippen molar-refractivity contribution < 1.29 is 28.8 Å². The van der Waals surface area contributed by atoms with Crippen molar-refractivity contribution in [2.75, 3.05) is 55.3 Å². The standard InChI is InChI=1S/C35H38N10O6/c1-42-16-17-44(35(42)51)22-4-3-15-43(19-22)26-18-38-29(30(36)47)31(40-26)39-21-9-7-20(8-10-21)13-14-37-24-6-2-5-23-28(24)34(50)45(33(23)49)25-11-12-27(46)41-32(25)48/h2,5-10,18,22,25,37H,3-4,11-17,19H2,1H3,(H2,36,47)(H,39,40)(H,41,46,48)/t22-,25?/m1/s1. The maximum atomic E-state index is 13.4. The summed E-state index contributed by atoms with van der Waals surface area (Å²) in [5.41, 5.74) is 8.19. The summed E-state index contributed by atoms with van der Waals surface area (Å²) in [6.45, 7) is 3.20. The van der Waals surface area contributed by atoms with Crippen LogP contribution in [-0.4, -0.2) is 112 Å². The molecule has 0 bridgehead atoms. The molecule has 5 heterocycles. The van der Waals surface area contributed by atoms with Crippen LogP contribution in [-0.2, 0) is 16.0 Å². The van der Waals surface area contributed by atoms with Crippen LogP contribution in [0.15, 0.2) is 48.7 Å². The van der Waals surface area contributed by atoms with Gasteiger partial charge in [-0.15, -0.1) is 0 Å². The highest BCUT2D eigenvalue weighted by Crippen LogP contribution is 2.33. The fraction of sp³-hybridized carbons (Fsp3) is 0.371. The first-order chi connectivity index (χ1) is 24.6. The van der Waals surface area contributed by atoms with Gasteiger partial charge in [-0.3, -0.25) is 34.2 Å². The number of likely N-dealkylation sites (N-methyl/N-ethyl adjacent to an activating group) is 1. The van der Waals surface area contributed by atoms with Crippen molar-refractivity contribution >= 4 is 58.6 Å². The molecule has 2 aromatic carbocycles. The Morgan fingerprint density at radius 2 is 1.80 bits per heavy atom. The van der Waals surface area contributed by atoms with Gasteiger partial charge in [0.05, 0.1) is 23.4 Å². The molecule has 2 atom stereocenters. The van der Waals surface area contributed by atoms with Gasteiger partial charge in [0.25, 0.3) is 17.7 Å². The lowest BCUT2D eigenvalue weighted by Crippen LogP contribution is -2.54. The van der Waals surface area contributed by atoms with Gasteiger partial charge in [0, 0.05) is 57.6 Å². The van der Waals surface area contributed by atoms with E-state index in [-0.39, 0.29) is 47.6 Å². The van der Waals surface area contributed by atoms with Crippen LogP contribution >= 0.6 is 0 Å². The summed E-state index contributed by atoms with van der Waals surface area (Å²) in [7, 11) is 1.81. The SMILES string of the molecule is CN1CCN([C@@H]2CCCN(c3cnc(C(N)=O)c(Nc4ccc(CCNc5cccc6c5C(=O)N(C5CCC(=O)NC5=O)C6=O)cc4)n3)C2)C1=O. The van der Waals surface area contributed by atoms with Gasteiger partial charge < -0.3 is 31.1 Å². The first-order valence-corrected chi connectivity index (χ1v) is 17.0. The molecule has 0 saturated carbocycles. The summed E-state index contributed by atoms with van der Waals surface area (Å²) in [6.07, 6.45) is 4.05. The molecule has 1 aromatic heterocycles. The van der Waals surface area contributed by atoms with Gasteiger partial charge in [-0.2, -0.15) is 0 Å². The number of amides is 7. The minimum atomic E-state index is -1.03. The van der Waals surface area contributed by atoms with Crippen molar-refractivity contribution in [1.82, 2.24) is 30.0 Å². The molecule has 5 N–H and O–H groups in total. The monoisotopic (exact) mass is 694 g/mol. The Bertz CT molecular complexity index is 1930. The van der Waals surface area contributed by atoms with Gasteiger partial charge in [0.15, 0.2) is 11.5 Å². The average molecular weight is 695 g/mol. The molecule has 4 aliphatic heterocycles. The molecule has 3 aromatic rings.